The van der Waals surface area contributed by atoms with Crippen LogP contribution in [-0.4, -0.2) is 29.2 Å². The fourth-order valence-electron chi connectivity index (χ4n) is 2.52. The quantitative estimate of drug-likeness (QED) is 0.704. The number of carbonyl (C=O) groups excluding carboxylic acids is 1. The number of ether oxygens (including phenoxy) is 2. The molecule has 0 bridgehead atoms. The first-order chi connectivity index (χ1) is 12.8. The van der Waals surface area contributed by atoms with E-state index in [0.717, 1.165) is 0 Å². The van der Waals surface area contributed by atoms with Gasteiger partial charge in [0.2, 0.25) is 0 Å². The van der Waals surface area contributed by atoms with Crippen LogP contribution < -0.4 is 14.8 Å². The Morgan fingerprint density at radius 1 is 0.926 bits per heavy atom. The summed E-state index contributed by atoms with van der Waals surface area (Å²) in [6.07, 6.45) is -0.942. The summed E-state index contributed by atoms with van der Waals surface area (Å²) in [4.78, 5) is 23.7. The molecule has 27 heavy (non-hydrogen) atoms. The van der Waals surface area contributed by atoms with Crippen LogP contribution in [0.3, 0.4) is 0 Å². The molecule has 2 aromatic carbocycles. The molecule has 2 atom stereocenters. The van der Waals surface area contributed by atoms with Gasteiger partial charge >= 0.3 is 5.97 Å². The number of carbonyl (C=O) groups is 2. The van der Waals surface area contributed by atoms with Gasteiger partial charge in [0.15, 0.2) is 6.10 Å². The van der Waals surface area contributed by atoms with Crippen LogP contribution in [0.15, 0.2) is 54.6 Å². The van der Waals surface area contributed by atoms with E-state index in [1.807, 2.05) is 32.0 Å². The van der Waals surface area contributed by atoms with Crippen LogP contribution >= 0.6 is 0 Å². The first-order valence-corrected chi connectivity index (χ1v) is 8.85. The van der Waals surface area contributed by atoms with E-state index in [2.05, 4.69) is 5.32 Å². The van der Waals surface area contributed by atoms with Gasteiger partial charge in [0.25, 0.3) is 5.91 Å². The lowest BCUT2D eigenvalue weighted by Gasteiger charge is -2.21. The summed E-state index contributed by atoms with van der Waals surface area (Å²) in [5.41, 5.74) is 0.689. The predicted molar refractivity (Wildman–Crippen MR) is 102 cm³/mol. The van der Waals surface area contributed by atoms with Gasteiger partial charge in [-0.1, -0.05) is 30.3 Å². The summed E-state index contributed by atoms with van der Waals surface area (Å²) in [5, 5.41) is 12.0. The van der Waals surface area contributed by atoms with Gasteiger partial charge in [0.1, 0.15) is 11.5 Å². The second kappa shape index (κ2) is 9.62. The van der Waals surface area contributed by atoms with Crippen LogP contribution in [0.2, 0.25) is 0 Å². The van der Waals surface area contributed by atoms with Gasteiger partial charge in [-0.05, 0) is 50.6 Å². The van der Waals surface area contributed by atoms with Crippen molar-refractivity contribution in [2.24, 2.45) is 0 Å². The maximum absolute atomic E-state index is 12.5. The molecule has 0 aromatic heterocycles. The van der Waals surface area contributed by atoms with Gasteiger partial charge in [-0.3, -0.25) is 9.59 Å². The summed E-state index contributed by atoms with van der Waals surface area (Å²) in [6, 6.07) is 15.4. The average molecular weight is 371 g/mol. The number of nitrogens with one attached hydrogen (secondary N) is 1. The van der Waals surface area contributed by atoms with E-state index in [4.69, 9.17) is 9.47 Å². The van der Waals surface area contributed by atoms with Crippen molar-refractivity contribution in [2.75, 3.05) is 0 Å². The van der Waals surface area contributed by atoms with E-state index in [1.165, 1.54) is 0 Å². The zero-order valence-electron chi connectivity index (χ0n) is 15.7. The minimum absolute atomic E-state index is 0.0429. The Bertz CT molecular complexity index is 743. The molecule has 0 aliphatic carbocycles. The number of carboxylic acids is 1. The minimum Gasteiger partial charge on any atom is -0.491 e. The number of hydrogen-bond donors (Lipinski definition) is 2. The van der Waals surface area contributed by atoms with E-state index < -0.39 is 18.1 Å². The first-order valence-electron chi connectivity index (χ1n) is 8.85. The normalized spacial score (nSPS) is 12.9. The molecule has 2 aromatic rings. The molecule has 0 saturated heterocycles. The van der Waals surface area contributed by atoms with Gasteiger partial charge < -0.3 is 19.9 Å². The number of hydrogen-bond acceptors (Lipinski definition) is 4. The second-order valence-electron chi connectivity index (χ2n) is 6.47. The van der Waals surface area contributed by atoms with Crippen molar-refractivity contribution < 1.29 is 24.2 Å². The third-order valence-corrected chi connectivity index (χ3v) is 3.77. The smallest absolute Gasteiger partial charge is 0.305 e. The molecule has 1 amide bonds. The predicted octanol–water partition coefficient (Wildman–Crippen LogP) is 3.57. The van der Waals surface area contributed by atoms with Crippen molar-refractivity contribution in [3.63, 3.8) is 0 Å². The van der Waals surface area contributed by atoms with E-state index in [1.54, 1.807) is 43.3 Å². The molecule has 0 heterocycles. The summed E-state index contributed by atoms with van der Waals surface area (Å²) in [7, 11) is 0. The number of para-hydroxylation sites is 1. The summed E-state index contributed by atoms with van der Waals surface area (Å²) < 4.78 is 11.2. The highest BCUT2D eigenvalue weighted by atomic mass is 16.5. The first kappa shape index (κ1) is 20.3. The van der Waals surface area contributed by atoms with Crippen LogP contribution in [-0.2, 0) is 9.59 Å². The van der Waals surface area contributed by atoms with Crippen molar-refractivity contribution in [3.05, 3.63) is 60.2 Å². The van der Waals surface area contributed by atoms with Gasteiger partial charge in [-0.2, -0.15) is 0 Å². The third-order valence-electron chi connectivity index (χ3n) is 3.77. The molecule has 144 valence electrons. The largest absolute Gasteiger partial charge is 0.491 e. The van der Waals surface area contributed by atoms with E-state index in [9.17, 15) is 14.7 Å². The Hall–Kier alpha value is -3.02. The highest BCUT2D eigenvalue weighted by molar-refractivity contribution is 5.82. The van der Waals surface area contributed by atoms with Gasteiger partial charge in [-0.25, -0.2) is 0 Å². The van der Waals surface area contributed by atoms with Crippen molar-refractivity contribution in [3.8, 4) is 11.5 Å². The molecule has 0 radical (unpaired) electrons. The van der Waals surface area contributed by atoms with E-state index >= 15 is 0 Å². The van der Waals surface area contributed by atoms with Crippen molar-refractivity contribution in [1.82, 2.24) is 5.32 Å². The van der Waals surface area contributed by atoms with Crippen molar-refractivity contribution >= 4 is 11.9 Å². The fraction of sp³-hybridized carbons (Fsp3) is 0.333. The van der Waals surface area contributed by atoms with Crippen LogP contribution in [0.5, 0.6) is 11.5 Å². The Kier molecular flexibility index (Phi) is 7.23. The van der Waals surface area contributed by atoms with Crippen molar-refractivity contribution in [2.45, 2.75) is 45.4 Å². The second-order valence-corrected chi connectivity index (χ2v) is 6.47. The summed E-state index contributed by atoms with van der Waals surface area (Å²) >= 11 is 0. The standard InChI is InChI=1S/C21H25NO5/c1-14(2)26-18-11-9-16(10-12-18)19(13-20(23)24)22-21(25)15(3)27-17-7-5-4-6-8-17/h4-12,14-15,19H,13H2,1-3H3,(H,22,25)(H,23,24)/t15-,19+/m0/s1. The lowest BCUT2D eigenvalue weighted by Crippen LogP contribution is -2.39. The molecule has 0 aliphatic heterocycles. The number of aliphatic carboxylic acids is 1. The molecule has 0 aliphatic rings. The van der Waals surface area contributed by atoms with Gasteiger partial charge in [-0.15, -0.1) is 0 Å². The molecule has 0 unspecified atom stereocenters. The molecule has 6 nitrogen and oxygen atoms in total. The summed E-state index contributed by atoms with van der Waals surface area (Å²) in [6.45, 7) is 5.48. The van der Waals surface area contributed by atoms with Crippen LogP contribution in [0, 0.1) is 0 Å². The monoisotopic (exact) mass is 371 g/mol. The topological polar surface area (TPSA) is 84.9 Å². The molecule has 0 saturated carbocycles. The number of benzene rings is 2. The molecule has 0 spiro atoms. The zero-order chi connectivity index (χ0) is 19.8. The summed E-state index contributed by atoms with van der Waals surface area (Å²) in [5.74, 6) is -0.118. The molecular formula is C21H25NO5. The van der Waals surface area contributed by atoms with Gasteiger partial charge in [0, 0.05) is 0 Å². The van der Waals surface area contributed by atoms with Crippen LogP contribution in [0.25, 0.3) is 0 Å². The van der Waals surface area contributed by atoms with Crippen LogP contribution in [0.4, 0.5) is 0 Å². The molecule has 2 rings (SSSR count). The third kappa shape index (κ3) is 6.66. The Morgan fingerprint density at radius 3 is 2.07 bits per heavy atom. The minimum atomic E-state index is -1.00. The maximum atomic E-state index is 12.5. The SMILES string of the molecule is CC(C)Oc1ccc([C@@H](CC(=O)O)NC(=O)[C@H](C)Oc2ccccc2)cc1. The Morgan fingerprint density at radius 2 is 1.52 bits per heavy atom. The number of rotatable bonds is 9. The molecule has 2 N–H and O–H groups in total. The zero-order valence-corrected chi connectivity index (χ0v) is 15.7. The molecule has 6 heteroatoms. The lowest BCUT2D eigenvalue weighted by atomic mass is 10.0. The van der Waals surface area contributed by atoms with E-state index in [-0.39, 0.29) is 18.4 Å². The number of amides is 1. The molecular weight excluding hydrogens is 346 g/mol. The maximum Gasteiger partial charge on any atom is 0.305 e. The van der Waals surface area contributed by atoms with Crippen molar-refractivity contribution in [1.29, 1.82) is 0 Å². The van der Waals surface area contributed by atoms with Crippen LogP contribution in [0.1, 0.15) is 38.8 Å². The fourth-order valence-corrected chi connectivity index (χ4v) is 2.52. The average Bonchev–Trinajstić information content (AvgIpc) is 2.61. The highest BCUT2D eigenvalue weighted by Crippen LogP contribution is 2.22. The molecule has 0 fully saturated rings. The number of carboxylic acid groups (broad SMARTS) is 1. The highest BCUT2D eigenvalue weighted by Gasteiger charge is 2.22. The van der Waals surface area contributed by atoms with Gasteiger partial charge in [0.05, 0.1) is 18.6 Å². The Labute approximate surface area is 159 Å². The lowest BCUT2D eigenvalue weighted by molar-refractivity contribution is -0.138. The Balaban J connectivity index is 2.06. The van der Waals surface area contributed by atoms with E-state index in [0.29, 0.717) is 17.1 Å².